The number of aromatic nitrogens is 1. The molecule has 0 aliphatic carbocycles. The highest BCUT2D eigenvalue weighted by molar-refractivity contribution is 6.31. The molecule has 0 bridgehead atoms. The van der Waals surface area contributed by atoms with Gasteiger partial charge in [0, 0.05) is 10.6 Å². The van der Waals surface area contributed by atoms with Crippen LogP contribution in [0, 0.1) is 0 Å². The molecule has 1 heterocycles. The van der Waals surface area contributed by atoms with Crippen molar-refractivity contribution in [3.05, 3.63) is 28.9 Å². The molecule has 0 saturated carbocycles. The largest absolute Gasteiger partial charge is 0.496 e. The van der Waals surface area contributed by atoms with E-state index < -0.39 is 17.8 Å². The minimum absolute atomic E-state index is 0.0704. The van der Waals surface area contributed by atoms with Gasteiger partial charge < -0.3 is 15.0 Å². The first kappa shape index (κ1) is 13.5. The lowest BCUT2D eigenvalue weighted by atomic mass is 10.0. The summed E-state index contributed by atoms with van der Waals surface area (Å²) in [4.78, 5) is 0. The van der Waals surface area contributed by atoms with Crippen LogP contribution in [0.4, 0.5) is 19.1 Å². The van der Waals surface area contributed by atoms with E-state index in [1.54, 1.807) is 0 Å². The maximum Gasteiger partial charge on any atom is 0.437 e. The highest BCUT2D eigenvalue weighted by Crippen LogP contribution is 2.43. The number of alkyl halides is 3. The fourth-order valence-electron chi connectivity index (χ4n) is 1.63. The molecule has 0 spiro atoms. The molecule has 4 nitrogen and oxygen atoms in total. The Morgan fingerprint density at radius 2 is 2.05 bits per heavy atom. The van der Waals surface area contributed by atoms with Crippen molar-refractivity contribution < 1.29 is 22.4 Å². The molecule has 2 aromatic rings. The molecule has 0 saturated heterocycles. The van der Waals surface area contributed by atoms with Crippen molar-refractivity contribution >= 4 is 17.5 Å². The third-order valence-electron chi connectivity index (χ3n) is 2.42. The second kappa shape index (κ2) is 4.65. The topological polar surface area (TPSA) is 61.3 Å². The van der Waals surface area contributed by atoms with Gasteiger partial charge in [-0.1, -0.05) is 16.8 Å². The Balaban J connectivity index is 2.72. The predicted molar refractivity (Wildman–Crippen MR) is 62.9 cm³/mol. The highest BCUT2D eigenvalue weighted by atomic mass is 35.5. The number of methoxy groups -OCH3 is 1. The van der Waals surface area contributed by atoms with Crippen LogP contribution in [0.3, 0.4) is 0 Å². The first-order valence-electron chi connectivity index (χ1n) is 5.01. The maximum absolute atomic E-state index is 12.8. The average molecular weight is 293 g/mol. The molecule has 8 heteroatoms. The molecule has 0 fully saturated rings. The summed E-state index contributed by atoms with van der Waals surface area (Å²) in [5.41, 5.74) is 3.89. The van der Waals surface area contributed by atoms with Crippen LogP contribution in [0.1, 0.15) is 5.69 Å². The summed E-state index contributed by atoms with van der Waals surface area (Å²) in [7, 11) is 1.32. The molecule has 1 aromatic carbocycles. The molecular formula is C11H8ClF3N2O2. The fraction of sp³-hybridized carbons (Fsp3) is 0.182. The van der Waals surface area contributed by atoms with E-state index in [9.17, 15) is 13.2 Å². The quantitative estimate of drug-likeness (QED) is 0.918. The van der Waals surface area contributed by atoms with Crippen molar-refractivity contribution in [3.63, 3.8) is 0 Å². The zero-order chi connectivity index (χ0) is 14.2. The van der Waals surface area contributed by atoms with Crippen LogP contribution in [0.15, 0.2) is 22.7 Å². The normalized spacial score (nSPS) is 11.6. The smallest absolute Gasteiger partial charge is 0.437 e. The molecule has 0 atom stereocenters. The second-order valence-corrected chi connectivity index (χ2v) is 4.05. The number of halogens is 4. The van der Waals surface area contributed by atoms with Gasteiger partial charge in [-0.25, -0.2) is 0 Å². The van der Waals surface area contributed by atoms with E-state index in [4.69, 9.17) is 22.1 Å². The van der Waals surface area contributed by atoms with Gasteiger partial charge in [0.1, 0.15) is 5.75 Å². The van der Waals surface area contributed by atoms with Crippen LogP contribution >= 0.6 is 11.6 Å². The average Bonchev–Trinajstić information content (AvgIpc) is 2.70. The van der Waals surface area contributed by atoms with Crippen molar-refractivity contribution in [1.29, 1.82) is 0 Å². The summed E-state index contributed by atoms with van der Waals surface area (Å²) in [5.74, 6) is -0.266. The Morgan fingerprint density at radius 3 is 2.63 bits per heavy atom. The molecule has 0 aliphatic heterocycles. The van der Waals surface area contributed by atoms with Gasteiger partial charge in [-0.2, -0.15) is 13.2 Å². The van der Waals surface area contributed by atoms with Gasteiger partial charge in [-0.05, 0) is 18.2 Å². The number of ether oxygens (including phenoxy) is 1. The van der Waals surface area contributed by atoms with E-state index in [2.05, 4.69) is 9.68 Å². The number of nitrogens with zero attached hydrogens (tertiary/aromatic N) is 1. The number of hydrogen-bond acceptors (Lipinski definition) is 4. The Morgan fingerprint density at radius 1 is 1.37 bits per heavy atom. The van der Waals surface area contributed by atoms with Gasteiger partial charge in [-0.3, -0.25) is 0 Å². The summed E-state index contributed by atoms with van der Waals surface area (Å²) < 4.78 is 47.9. The molecule has 0 radical (unpaired) electrons. The second-order valence-electron chi connectivity index (χ2n) is 3.61. The van der Waals surface area contributed by atoms with Crippen molar-refractivity contribution in [1.82, 2.24) is 5.16 Å². The molecule has 2 N–H and O–H groups in total. The standard InChI is InChI=1S/C11H8ClF3N2O2/c1-18-7-3-2-5(12)4-6(7)8-9(11(13,14)15)17-19-10(8)16/h2-4H,16H2,1H3. The molecule has 2 rings (SSSR count). The van der Waals surface area contributed by atoms with E-state index in [-0.39, 0.29) is 21.9 Å². The lowest BCUT2D eigenvalue weighted by Crippen LogP contribution is -2.07. The van der Waals surface area contributed by atoms with Crippen LogP contribution in [0.25, 0.3) is 11.1 Å². The number of nitrogens with two attached hydrogens (primary N) is 1. The summed E-state index contributed by atoms with van der Waals surface area (Å²) in [6.07, 6.45) is -4.69. The van der Waals surface area contributed by atoms with Gasteiger partial charge in [-0.15, -0.1) is 0 Å². The first-order chi connectivity index (χ1) is 8.84. The van der Waals surface area contributed by atoms with Crippen LogP contribution in [-0.4, -0.2) is 12.3 Å². The Kier molecular flexibility index (Phi) is 3.32. The van der Waals surface area contributed by atoms with E-state index >= 15 is 0 Å². The molecule has 19 heavy (non-hydrogen) atoms. The highest BCUT2D eigenvalue weighted by Gasteiger charge is 2.40. The lowest BCUT2D eigenvalue weighted by molar-refractivity contribution is -0.142. The van der Waals surface area contributed by atoms with E-state index in [0.717, 1.165) is 0 Å². The van der Waals surface area contributed by atoms with Crippen molar-refractivity contribution in [2.24, 2.45) is 0 Å². The predicted octanol–water partition coefficient (Wildman–Crippen LogP) is 3.60. The van der Waals surface area contributed by atoms with Gasteiger partial charge in [0.25, 0.3) is 0 Å². The summed E-state index contributed by atoms with van der Waals surface area (Å²) >= 11 is 5.78. The SMILES string of the molecule is COc1ccc(Cl)cc1-c1c(C(F)(F)F)noc1N. The molecule has 0 aliphatic rings. The van der Waals surface area contributed by atoms with Gasteiger partial charge in [0.15, 0.2) is 5.69 Å². The fourth-order valence-corrected chi connectivity index (χ4v) is 1.80. The molecule has 0 amide bonds. The van der Waals surface area contributed by atoms with Gasteiger partial charge in [0.05, 0.1) is 12.7 Å². The summed E-state index contributed by atoms with van der Waals surface area (Å²) in [5, 5.41) is 3.19. The van der Waals surface area contributed by atoms with E-state index in [1.165, 1.54) is 25.3 Å². The van der Waals surface area contributed by atoms with E-state index in [0.29, 0.717) is 0 Å². The summed E-state index contributed by atoms with van der Waals surface area (Å²) in [6.45, 7) is 0. The van der Waals surface area contributed by atoms with Crippen molar-refractivity contribution in [2.75, 3.05) is 12.8 Å². The number of benzene rings is 1. The molecule has 1 aromatic heterocycles. The first-order valence-corrected chi connectivity index (χ1v) is 5.38. The van der Waals surface area contributed by atoms with E-state index in [1.807, 2.05) is 0 Å². The lowest BCUT2D eigenvalue weighted by Gasteiger charge is -2.10. The van der Waals surface area contributed by atoms with Crippen molar-refractivity contribution in [3.8, 4) is 16.9 Å². The maximum atomic E-state index is 12.8. The van der Waals surface area contributed by atoms with Crippen LogP contribution < -0.4 is 10.5 Å². The van der Waals surface area contributed by atoms with Gasteiger partial charge >= 0.3 is 6.18 Å². The third kappa shape index (κ3) is 2.46. The number of rotatable bonds is 2. The zero-order valence-electron chi connectivity index (χ0n) is 9.58. The van der Waals surface area contributed by atoms with Crippen LogP contribution in [-0.2, 0) is 6.18 Å². The minimum Gasteiger partial charge on any atom is -0.496 e. The zero-order valence-corrected chi connectivity index (χ0v) is 10.3. The van der Waals surface area contributed by atoms with Crippen LogP contribution in [0.5, 0.6) is 5.75 Å². The van der Waals surface area contributed by atoms with Crippen molar-refractivity contribution in [2.45, 2.75) is 6.18 Å². The third-order valence-corrected chi connectivity index (χ3v) is 2.65. The Hall–Kier alpha value is -1.89. The monoisotopic (exact) mass is 292 g/mol. The Bertz CT molecular complexity index is 610. The number of anilines is 1. The summed E-state index contributed by atoms with van der Waals surface area (Å²) in [6, 6.07) is 4.23. The molecule has 102 valence electrons. The van der Waals surface area contributed by atoms with Crippen LogP contribution in [0.2, 0.25) is 5.02 Å². The molecular weight excluding hydrogens is 285 g/mol. The number of hydrogen-bond donors (Lipinski definition) is 1. The minimum atomic E-state index is -4.69. The number of nitrogen functional groups attached to an aromatic ring is 1. The van der Waals surface area contributed by atoms with Gasteiger partial charge in [0.2, 0.25) is 5.88 Å². The molecule has 0 unspecified atom stereocenters. The Labute approximate surface area is 110 Å².